The Balaban J connectivity index is 1.48. The highest BCUT2D eigenvalue weighted by Gasteiger charge is 2.34. The van der Waals surface area contributed by atoms with Gasteiger partial charge in [0.05, 0.1) is 31.3 Å². The van der Waals surface area contributed by atoms with Crippen LogP contribution in [0.2, 0.25) is 0 Å². The summed E-state index contributed by atoms with van der Waals surface area (Å²) < 4.78 is 5.44. The van der Waals surface area contributed by atoms with Crippen LogP contribution in [0, 0.1) is 11.8 Å². The number of fused-ring (bicyclic) bond motifs is 1. The molecule has 256 valence electrons. The quantitative estimate of drug-likeness (QED) is 0.180. The minimum Gasteiger partial charge on any atom is -0.389 e. The van der Waals surface area contributed by atoms with Gasteiger partial charge < -0.3 is 25.6 Å². The molecule has 1 saturated carbocycles. The van der Waals surface area contributed by atoms with Crippen molar-refractivity contribution >= 4 is 34.3 Å². The molecule has 2 fully saturated rings. The Bertz CT molecular complexity index is 1200. The highest BCUT2D eigenvalue weighted by Crippen LogP contribution is 2.29. The zero-order valence-corrected chi connectivity index (χ0v) is 28.8. The molecule has 2 amide bonds. The van der Waals surface area contributed by atoms with E-state index in [4.69, 9.17) is 4.74 Å². The average molecular weight is 656 g/mol. The van der Waals surface area contributed by atoms with Crippen LogP contribution >= 0.6 is 11.8 Å². The van der Waals surface area contributed by atoms with Crippen LogP contribution in [0.4, 0.5) is 0 Å². The summed E-state index contributed by atoms with van der Waals surface area (Å²) in [6.07, 6.45) is 7.01. The lowest BCUT2D eigenvalue weighted by atomic mass is 9.83. The van der Waals surface area contributed by atoms with Crippen molar-refractivity contribution in [2.24, 2.45) is 11.8 Å². The van der Waals surface area contributed by atoms with E-state index in [1.807, 2.05) is 18.2 Å². The topological polar surface area (TPSA) is 111 Å². The first-order valence-electron chi connectivity index (χ1n) is 17.7. The fraction of sp³-hybridized carbons (Fsp3) is 0.676. The lowest BCUT2D eigenvalue weighted by molar-refractivity contribution is -0.132. The zero-order valence-electron chi connectivity index (χ0n) is 28.0. The van der Waals surface area contributed by atoms with Crippen LogP contribution in [0.1, 0.15) is 77.2 Å². The van der Waals surface area contributed by atoms with Gasteiger partial charge in [0, 0.05) is 25.4 Å². The van der Waals surface area contributed by atoms with E-state index in [0.717, 1.165) is 60.6 Å². The molecule has 8 nitrogen and oxygen atoms in total. The van der Waals surface area contributed by atoms with Gasteiger partial charge in [0.1, 0.15) is 12.1 Å². The molecule has 4 N–H and O–H groups in total. The fourth-order valence-corrected chi connectivity index (χ4v) is 7.75. The van der Waals surface area contributed by atoms with E-state index in [9.17, 15) is 19.8 Å². The summed E-state index contributed by atoms with van der Waals surface area (Å²) in [6, 6.07) is 13.2. The number of nitrogens with one attached hydrogen (secondary N) is 2. The minimum atomic E-state index is -1.10. The van der Waals surface area contributed by atoms with E-state index in [-0.39, 0.29) is 17.7 Å². The Hall–Kier alpha value is -2.17. The average Bonchev–Trinajstić information content (AvgIpc) is 3.08. The predicted molar refractivity (Wildman–Crippen MR) is 188 cm³/mol. The van der Waals surface area contributed by atoms with Gasteiger partial charge in [-0.1, -0.05) is 101 Å². The zero-order chi connectivity index (χ0) is 32.7. The van der Waals surface area contributed by atoms with Crippen molar-refractivity contribution in [1.29, 1.82) is 0 Å². The molecule has 2 aromatic carbocycles. The SMILES string of the molecule is CCCC[C@H](NC(=O)[C@@H](CSCC)Cc1cccc2ccccc12)C(=O)N[C@@H](CC1CCCCC1)[C@@H](O)[C@@H](O)CN1CCOCC1. The number of thioether (sulfide) groups is 1. The molecule has 4 rings (SSSR count). The van der Waals surface area contributed by atoms with Crippen LogP contribution in [-0.4, -0.2) is 95.6 Å². The standard InChI is InChI=1S/C37H57N3O5S/c1-3-5-18-32(38-36(43)30(26-46-4-2)24-29-16-11-15-28-14-9-10-17-31(28)29)37(44)39-33(23-27-12-7-6-8-13-27)35(42)34(41)25-40-19-21-45-22-20-40/h9-11,14-17,27,30,32-35,41-42H,3-8,12-13,18-26H2,1-2H3,(H,38,43)(H,39,44)/t30-,32+,33+,34+,35-/m1/s1. The molecule has 0 aromatic heterocycles. The number of rotatable bonds is 18. The number of benzene rings is 2. The summed E-state index contributed by atoms with van der Waals surface area (Å²) >= 11 is 1.74. The number of β-amino-alcohol motifs (C(OH)–C–C–N with tert-alkyl or cyclic N) is 1. The van der Waals surface area contributed by atoms with Crippen molar-refractivity contribution in [2.45, 2.75) is 102 Å². The number of ether oxygens (including phenoxy) is 1. The lowest BCUT2D eigenvalue weighted by Crippen LogP contribution is -2.57. The van der Waals surface area contributed by atoms with Gasteiger partial charge in [-0.2, -0.15) is 11.8 Å². The molecular weight excluding hydrogens is 598 g/mol. The van der Waals surface area contributed by atoms with Crippen LogP contribution in [0.15, 0.2) is 42.5 Å². The minimum absolute atomic E-state index is 0.109. The van der Waals surface area contributed by atoms with E-state index in [2.05, 4.69) is 53.6 Å². The second kappa shape index (κ2) is 19.6. The van der Waals surface area contributed by atoms with Crippen LogP contribution in [0.3, 0.4) is 0 Å². The molecule has 0 radical (unpaired) electrons. The maximum absolute atomic E-state index is 14.0. The maximum Gasteiger partial charge on any atom is 0.242 e. The molecule has 0 bridgehead atoms. The number of amides is 2. The molecule has 2 aromatic rings. The van der Waals surface area contributed by atoms with Gasteiger partial charge in [-0.3, -0.25) is 14.5 Å². The van der Waals surface area contributed by atoms with Crippen molar-refractivity contribution < 1.29 is 24.5 Å². The Morgan fingerprint density at radius 3 is 2.46 bits per heavy atom. The molecule has 0 unspecified atom stereocenters. The van der Waals surface area contributed by atoms with E-state index in [1.165, 1.54) is 6.42 Å². The summed E-state index contributed by atoms with van der Waals surface area (Å²) in [5, 5.41) is 31.2. The number of unbranched alkanes of at least 4 members (excludes halogenated alkanes) is 1. The summed E-state index contributed by atoms with van der Waals surface area (Å²) in [6.45, 7) is 7.16. The third-order valence-corrected chi connectivity index (χ3v) is 10.8. The van der Waals surface area contributed by atoms with Crippen LogP contribution in [0.25, 0.3) is 10.8 Å². The number of carbonyl (C=O) groups excluding carboxylic acids is 2. The smallest absolute Gasteiger partial charge is 0.242 e. The third kappa shape index (κ3) is 11.2. The first-order valence-corrected chi connectivity index (χ1v) is 18.9. The van der Waals surface area contributed by atoms with Crippen LogP contribution in [0.5, 0.6) is 0 Å². The van der Waals surface area contributed by atoms with Gasteiger partial charge in [-0.25, -0.2) is 0 Å². The number of aliphatic hydroxyl groups excluding tert-OH is 2. The van der Waals surface area contributed by atoms with Gasteiger partial charge in [0.25, 0.3) is 0 Å². The molecule has 1 saturated heterocycles. The van der Waals surface area contributed by atoms with Crippen molar-refractivity contribution in [2.75, 3.05) is 44.4 Å². The highest BCUT2D eigenvalue weighted by molar-refractivity contribution is 7.99. The largest absolute Gasteiger partial charge is 0.389 e. The Morgan fingerprint density at radius 2 is 1.72 bits per heavy atom. The number of hydrogen-bond acceptors (Lipinski definition) is 7. The van der Waals surface area contributed by atoms with Crippen LogP contribution < -0.4 is 10.6 Å². The van der Waals surface area contributed by atoms with Gasteiger partial charge in [0.2, 0.25) is 11.8 Å². The van der Waals surface area contributed by atoms with Gasteiger partial charge >= 0.3 is 0 Å². The number of morpholine rings is 1. The Kier molecular flexibility index (Phi) is 15.6. The van der Waals surface area contributed by atoms with Gasteiger partial charge in [-0.15, -0.1) is 0 Å². The molecule has 1 heterocycles. The normalized spacial score (nSPS) is 19.7. The third-order valence-electron chi connectivity index (χ3n) is 9.71. The number of nitrogens with zero attached hydrogens (tertiary/aromatic N) is 1. The molecule has 9 heteroatoms. The summed E-state index contributed by atoms with van der Waals surface area (Å²) in [5.41, 5.74) is 1.13. The maximum atomic E-state index is 14.0. The number of carbonyl (C=O) groups is 2. The van der Waals surface area contributed by atoms with Crippen molar-refractivity contribution in [3.63, 3.8) is 0 Å². The molecule has 5 atom stereocenters. The first kappa shape index (κ1) is 36.7. The number of hydrogen-bond donors (Lipinski definition) is 4. The molecule has 1 aliphatic heterocycles. The molecule has 2 aliphatic rings. The summed E-state index contributed by atoms with van der Waals surface area (Å²) in [4.78, 5) is 30.0. The van der Waals surface area contributed by atoms with E-state index >= 15 is 0 Å². The van der Waals surface area contributed by atoms with E-state index in [0.29, 0.717) is 63.8 Å². The second-order valence-corrected chi connectivity index (χ2v) is 14.5. The summed E-state index contributed by atoms with van der Waals surface area (Å²) in [7, 11) is 0. The monoisotopic (exact) mass is 655 g/mol. The second-order valence-electron chi connectivity index (χ2n) is 13.2. The fourth-order valence-electron chi connectivity index (χ4n) is 6.96. The van der Waals surface area contributed by atoms with E-state index in [1.54, 1.807) is 11.8 Å². The summed E-state index contributed by atoms with van der Waals surface area (Å²) in [5.74, 6) is 1.31. The first-order chi connectivity index (χ1) is 22.4. The van der Waals surface area contributed by atoms with Crippen LogP contribution in [-0.2, 0) is 20.7 Å². The van der Waals surface area contributed by atoms with E-state index < -0.39 is 24.3 Å². The Morgan fingerprint density at radius 1 is 0.978 bits per heavy atom. The Labute approximate surface area is 280 Å². The molecular formula is C37H57N3O5S. The van der Waals surface area contributed by atoms with Gasteiger partial charge in [-0.05, 0) is 47.3 Å². The van der Waals surface area contributed by atoms with Crippen molar-refractivity contribution in [3.8, 4) is 0 Å². The van der Waals surface area contributed by atoms with Gasteiger partial charge in [0.15, 0.2) is 0 Å². The van der Waals surface area contributed by atoms with Crippen molar-refractivity contribution in [3.05, 3.63) is 48.0 Å². The molecule has 46 heavy (non-hydrogen) atoms. The lowest BCUT2D eigenvalue weighted by Gasteiger charge is -2.35. The van der Waals surface area contributed by atoms with Crippen molar-refractivity contribution in [1.82, 2.24) is 15.5 Å². The molecule has 0 spiro atoms. The predicted octanol–water partition coefficient (Wildman–Crippen LogP) is 4.94. The number of aliphatic hydroxyl groups is 2. The molecule has 1 aliphatic carbocycles. The highest BCUT2D eigenvalue weighted by atomic mass is 32.2.